The van der Waals surface area contributed by atoms with Gasteiger partial charge in [0.05, 0.1) is 23.4 Å². The van der Waals surface area contributed by atoms with Crippen molar-refractivity contribution >= 4 is 5.97 Å². The Bertz CT molecular complexity index is 427. The van der Waals surface area contributed by atoms with E-state index in [9.17, 15) is 4.79 Å². The number of hydrogen-bond acceptors (Lipinski definition) is 4. The largest absolute Gasteiger partial charge is 0.462 e. The van der Waals surface area contributed by atoms with Gasteiger partial charge in [-0.15, -0.1) is 0 Å². The Balaban J connectivity index is 1.61. The molecule has 0 aromatic carbocycles. The Morgan fingerprint density at radius 3 is 2.38 bits per heavy atom. The van der Waals surface area contributed by atoms with Crippen molar-refractivity contribution in [2.24, 2.45) is 0 Å². The molecule has 0 radical (unpaired) electrons. The fourth-order valence-corrected chi connectivity index (χ4v) is 2.79. The Morgan fingerprint density at radius 2 is 1.81 bits per heavy atom. The topological polar surface area (TPSA) is 51.4 Å². The number of hydrogen-bond donors (Lipinski definition) is 0. The van der Waals surface area contributed by atoms with Gasteiger partial charge >= 0.3 is 5.97 Å². The molecule has 3 atom stereocenters. The summed E-state index contributed by atoms with van der Waals surface area (Å²) in [5.74, 6) is -0.234. The van der Waals surface area contributed by atoms with Crippen LogP contribution in [0.1, 0.15) is 60.3 Å². The zero-order chi connectivity index (χ0) is 15.7. The van der Waals surface area contributed by atoms with Crippen LogP contribution in [0.2, 0.25) is 0 Å². The minimum Gasteiger partial charge on any atom is -0.462 e. The van der Waals surface area contributed by atoms with Gasteiger partial charge in [0.15, 0.2) is 0 Å². The maximum absolute atomic E-state index is 10.7. The predicted octanol–water partition coefficient (Wildman–Crippen LogP) is 3.39. The lowest BCUT2D eigenvalue weighted by Crippen LogP contribution is -2.13. The summed E-state index contributed by atoms with van der Waals surface area (Å²) in [5.41, 5.74) is 1.37. The van der Waals surface area contributed by atoms with Gasteiger partial charge in [0.1, 0.15) is 6.61 Å². The minimum absolute atomic E-state index is 0.0399. The van der Waals surface area contributed by atoms with Crippen molar-refractivity contribution in [3.8, 4) is 0 Å². The first-order valence-electron chi connectivity index (χ1n) is 7.87. The van der Waals surface area contributed by atoms with Gasteiger partial charge < -0.3 is 14.2 Å². The Hall–Kier alpha value is -0.870. The average Bonchev–Trinajstić information content (AvgIpc) is 3.21. The highest BCUT2D eigenvalue weighted by Gasteiger charge is 2.54. The van der Waals surface area contributed by atoms with Crippen LogP contribution in [0.25, 0.3) is 0 Å². The molecule has 0 spiro atoms. The standard InChI is InChI=1S/C17H28O4/c1-12(9-11-19-13(2)18)6-7-15-17(5,21-15)10-8-14-16(3,4)20-14/h9,14-15H,6-8,10-11H2,1-5H3/b12-9+. The Morgan fingerprint density at radius 1 is 1.14 bits per heavy atom. The van der Waals surface area contributed by atoms with Gasteiger partial charge in [0.25, 0.3) is 0 Å². The minimum atomic E-state index is -0.234. The van der Waals surface area contributed by atoms with Crippen molar-refractivity contribution in [3.05, 3.63) is 11.6 Å². The monoisotopic (exact) mass is 296 g/mol. The number of esters is 1. The van der Waals surface area contributed by atoms with Crippen LogP contribution in [-0.4, -0.2) is 36.0 Å². The van der Waals surface area contributed by atoms with Crippen LogP contribution in [0.4, 0.5) is 0 Å². The van der Waals surface area contributed by atoms with Crippen LogP contribution in [0.3, 0.4) is 0 Å². The molecule has 0 aromatic rings. The molecule has 4 nitrogen and oxygen atoms in total. The molecule has 120 valence electrons. The Labute approximate surface area is 127 Å². The van der Waals surface area contributed by atoms with Crippen LogP contribution in [0.5, 0.6) is 0 Å². The number of epoxide rings is 2. The van der Waals surface area contributed by atoms with Crippen molar-refractivity contribution in [1.29, 1.82) is 0 Å². The zero-order valence-electron chi connectivity index (χ0n) is 13.9. The number of allylic oxidation sites excluding steroid dienone is 1. The lowest BCUT2D eigenvalue weighted by Gasteiger charge is -2.06. The van der Waals surface area contributed by atoms with Gasteiger partial charge in [-0.05, 0) is 59.5 Å². The second-order valence-corrected chi connectivity index (χ2v) is 7.06. The summed E-state index contributed by atoms with van der Waals surface area (Å²) in [6.07, 6.45) is 6.92. The summed E-state index contributed by atoms with van der Waals surface area (Å²) in [6, 6.07) is 0. The van der Waals surface area contributed by atoms with E-state index in [0.717, 1.165) is 25.7 Å². The molecule has 0 aliphatic carbocycles. The summed E-state index contributed by atoms with van der Waals surface area (Å²) in [6.45, 7) is 10.4. The van der Waals surface area contributed by atoms with Gasteiger partial charge in [0, 0.05) is 6.92 Å². The summed E-state index contributed by atoms with van der Waals surface area (Å²) in [4.78, 5) is 10.7. The summed E-state index contributed by atoms with van der Waals surface area (Å²) < 4.78 is 16.4. The van der Waals surface area contributed by atoms with E-state index < -0.39 is 0 Å². The maximum atomic E-state index is 10.7. The van der Waals surface area contributed by atoms with Crippen molar-refractivity contribution < 1.29 is 19.0 Å². The molecule has 2 fully saturated rings. The van der Waals surface area contributed by atoms with E-state index in [1.165, 1.54) is 12.5 Å². The third kappa shape index (κ3) is 4.82. The zero-order valence-corrected chi connectivity index (χ0v) is 13.9. The molecule has 2 rings (SSSR count). The molecule has 3 unspecified atom stereocenters. The second-order valence-electron chi connectivity index (χ2n) is 7.06. The Kier molecular flexibility index (Phi) is 4.79. The van der Waals surface area contributed by atoms with E-state index >= 15 is 0 Å². The summed E-state index contributed by atoms with van der Waals surface area (Å²) in [7, 11) is 0. The normalized spacial score (nSPS) is 33.7. The number of carbonyl (C=O) groups excluding carboxylic acids is 1. The highest BCUT2D eigenvalue weighted by atomic mass is 16.6. The molecule has 4 heteroatoms. The van der Waals surface area contributed by atoms with E-state index in [-0.39, 0.29) is 17.2 Å². The maximum Gasteiger partial charge on any atom is 0.302 e. The fourth-order valence-electron chi connectivity index (χ4n) is 2.79. The molecular weight excluding hydrogens is 268 g/mol. The highest BCUT2D eigenvalue weighted by Crippen LogP contribution is 2.47. The predicted molar refractivity (Wildman–Crippen MR) is 81.1 cm³/mol. The van der Waals surface area contributed by atoms with Gasteiger partial charge in [-0.25, -0.2) is 0 Å². The van der Waals surface area contributed by atoms with E-state index in [4.69, 9.17) is 14.2 Å². The van der Waals surface area contributed by atoms with Crippen molar-refractivity contribution in [3.63, 3.8) is 0 Å². The first-order chi connectivity index (χ1) is 9.73. The lowest BCUT2D eigenvalue weighted by atomic mass is 9.94. The van der Waals surface area contributed by atoms with Gasteiger partial charge in [-0.1, -0.05) is 5.57 Å². The SMILES string of the molecule is CC(=O)OC/C=C(\C)CCC1OC1(C)CCC1OC1(C)C. The molecule has 0 aromatic heterocycles. The third-order valence-electron chi connectivity index (χ3n) is 4.62. The average molecular weight is 296 g/mol. The number of ether oxygens (including phenoxy) is 3. The van der Waals surface area contributed by atoms with Crippen LogP contribution < -0.4 is 0 Å². The van der Waals surface area contributed by atoms with Crippen molar-refractivity contribution in [2.45, 2.75) is 83.7 Å². The number of carbonyl (C=O) groups is 1. The van der Waals surface area contributed by atoms with Gasteiger partial charge in [0.2, 0.25) is 0 Å². The van der Waals surface area contributed by atoms with E-state index in [1.54, 1.807) is 0 Å². The highest BCUT2D eigenvalue weighted by molar-refractivity contribution is 5.66. The third-order valence-corrected chi connectivity index (χ3v) is 4.62. The molecule has 2 heterocycles. The van der Waals surface area contributed by atoms with Crippen LogP contribution in [0.15, 0.2) is 11.6 Å². The quantitative estimate of drug-likeness (QED) is 0.391. The number of rotatable bonds is 8. The first-order valence-corrected chi connectivity index (χ1v) is 7.87. The van der Waals surface area contributed by atoms with Crippen molar-refractivity contribution in [2.75, 3.05) is 6.61 Å². The molecular formula is C17H28O4. The van der Waals surface area contributed by atoms with E-state index in [1.807, 2.05) is 6.08 Å². The first kappa shape index (κ1) is 16.5. The van der Waals surface area contributed by atoms with Gasteiger partial charge in [-0.3, -0.25) is 4.79 Å². The van der Waals surface area contributed by atoms with Crippen molar-refractivity contribution in [1.82, 2.24) is 0 Å². The fraction of sp³-hybridized carbons (Fsp3) is 0.824. The van der Waals surface area contributed by atoms with E-state index in [0.29, 0.717) is 18.8 Å². The molecule has 0 amide bonds. The molecule has 2 aliphatic rings. The molecule has 21 heavy (non-hydrogen) atoms. The van der Waals surface area contributed by atoms with Crippen LogP contribution in [-0.2, 0) is 19.0 Å². The second kappa shape index (κ2) is 6.09. The summed E-state index contributed by atoms with van der Waals surface area (Å²) >= 11 is 0. The molecule has 0 saturated carbocycles. The molecule has 0 N–H and O–H groups in total. The van der Waals surface area contributed by atoms with Gasteiger partial charge in [-0.2, -0.15) is 0 Å². The van der Waals surface area contributed by atoms with Crippen LogP contribution >= 0.6 is 0 Å². The molecule has 0 bridgehead atoms. The van der Waals surface area contributed by atoms with E-state index in [2.05, 4.69) is 27.7 Å². The molecule has 2 saturated heterocycles. The summed E-state index contributed by atoms with van der Waals surface area (Å²) in [5, 5.41) is 0. The van der Waals surface area contributed by atoms with Crippen LogP contribution in [0, 0.1) is 0 Å². The lowest BCUT2D eigenvalue weighted by molar-refractivity contribution is -0.139. The molecule has 2 aliphatic heterocycles. The smallest absolute Gasteiger partial charge is 0.302 e.